The van der Waals surface area contributed by atoms with Crippen molar-refractivity contribution in [3.8, 4) is 0 Å². The van der Waals surface area contributed by atoms with E-state index in [-0.39, 0.29) is 41.4 Å². The van der Waals surface area contributed by atoms with Crippen molar-refractivity contribution in [1.29, 1.82) is 0 Å². The number of aliphatic hydroxyl groups excluding tert-OH is 2. The average molecular weight is 675 g/mol. The van der Waals surface area contributed by atoms with Crippen molar-refractivity contribution in [2.75, 3.05) is 12.3 Å². The van der Waals surface area contributed by atoms with E-state index >= 15 is 0 Å². The molecule has 0 saturated heterocycles. The van der Waals surface area contributed by atoms with Crippen molar-refractivity contribution >= 4 is 23.1 Å². The molecule has 0 amide bonds. The summed E-state index contributed by atoms with van der Waals surface area (Å²) in [7, 11) is 0. The van der Waals surface area contributed by atoms with E-state index in [1.807, 2.05) is 6.92 Å². The number of aryl methyl sites for hydroxylation is 1. The first kappa shape index (κ1) is 35.5. The van der Waals surface area contributed by atoms with Crippen LogP contribution < -0.4 is 22.7 Å². The second-order valence-corrected chi connectivity index (χ2v) is 16.5. The number of carbonyl (C=O) groups excluding carboxylic acids is 1. The fourth-order valence-corrected chi connectivity index (χ4v) is 11.7. The molecule has 4 fully saturated rings. The van der Waals surface area contributed by atoms with E-state index in [9.17, 15) is 15.0 Å². The molecule has 256 valence electrons. The SMILES string of the molecule is Cc1ncc(C[n+]2csc(CCOC(=O)CC[C@@H](C)[C@H]3CCC4C5CC[C@@H]6C[C@H](O)CC[C@]6(C)C5C[C@H](O)[C@@]43C)c2C)c(N)n1.[Cl-]. The lowest BCUT2D eigenvalue weighted by molar-refractivity contribution is -0.689. The predicted molar refractivity (Wildman–Crippen MR) is 175 cm³/mol. The van der Waals surface area contributed by atoms with Gasteiger partial charge in [-0.25, -0.2) is 9.97 Å². The number of aromatic nitrogens is 3. The monoisotopic (exact) mass is 674 g/mol. The molecule has 2 aromatic heterocycles. The molecule has 6 rings (SSSR count). The van der Waals surface area contributed by atoms with Crippen LogP contribution in [0, 0.1) is 60.2 Å². The van der Waals surface area contributed by atoms with E-state index < -0.39 is 0 Å². The van der Waals surface area contributed by atoms with Crippen molar-refractivity contribution < 1.29 is 36.7 Å². The van der Waals surface area contributed by atoms with Crippen molar-refractivity contribution in [1.82, 2.24) is 9.97 Å². The summed E-state index contributed by atoms with van der Waals surface area (Å²) in [6.45, 7) is 12.1. The number of nitrogens with two attached hydrogens (primary N) is 1. The first-order chi connectivity index (χ1) is 21.4. The third kappa shape index (κ3) is 6.47. The second kappa shape index (κ2) is 14.0. The van der Waals surface area contributed by atoms with Crippen LogP contribution in [0.4, 0.5) is 5.82 Å². The minimum atomic E-state index is -0.292. The molecule has 4 saturated carbocycles. The Hall–Kier alpha value is -1.81. The number of anilines is 1. The molecule has 4 N–H and O–H groups in total. The summed E-state index contributed by atoms with van der Waals surface area (Å²) in [5.41, 5.74) is 10.4. The maximum Gasteiger partial charge on any atom is 0.305 e. The Morgan fingerprint density at radius 3 is 2.70 bits per heavy atom. The van der Waals surface area contributed by atoms with Crippen LogP contribution >= 0.6 is 11.3 Å². The van der Waals surface area contributed by atoms with Gasteiger partial charge in [-0.15, -0.1) is 0 Å². The first-order valence-corrected chi connectivity index (χ1v) is 18.4. The van der Waals surface area contributed by atoms with Gasteiger partial charge in [-0.1, -0.05) is 32.1 Å². The number of nitrogens with zero attached hydrogens (tertiary/aromatic N) is 3. The van der Waals surface area contributed by atoms with E-state index in [1.165, 1.54) is 24.1 Å². The molecular formula is C36H55ClN4O4S. The van der Waals surface area contributed by atoms with Crippen molar-refractivity contribution in [2.24, 2.45) is 46.3 Å². The molecule has 0 aliphatic heterocycles. The number of aliphatic hydroxyl groups is 2. The fourth-order valence-electron chi connectivity index (χ4n) is 10.7. The minimum Gasteiger partial charge on any atom is -1.00 e. The van der Waals surface area contributed by atoms with E-state index in [0.717, 1.165) is 49.8 Å². The Bertz CT molecular complexity index is 1390. The zero-order valence-corrected chi connectivity index (χ0v) is 30.0. The molecular weight excluding hydrogens is 620 g/mol. The number of nitrogen functional groups attached to an aromatic ring is 1. The molecule has 0 aromatic carbocycles. The molecule has 10 heteroatoms. The highest BCUT2D eigenvalue weighted by Gasteiger charge is 2.63. The summed E-state index contributed by atoms with van der Waals surface area (Å²) >= 11 is 1.67. The first-order valence-electron chi connectivity index (χ1n) is 17.5. The van der Waals surface area contributed by atoms with Crippen molar-refractivity contribution in [3.63, 3.8) is 0 Å². The number of halogens is 1. The van der Waals surface area contributed by atoms with Gasteiger partial charge in [-0.3, -0.25) is 4.79 Å². The summed E-state index contributed by atoms with van der Waals surface area (Å²) in [6, 6.07) is 0. The smallest absolute Gasteiger partial charge is 0.305 e. The van der Waals surface area contributed by atoms with Gasteiger partial charge in [-0.05, 0) is 111 Å². The summed E-state index contributed by atoms with van der Waals surface area (Å²) in [4.78, 5) is 22.6. The lowest BCUT2D eigenvalue weighted by Gasteiger charge is -2.62. The number of esters is 1. The second-order valence-electron chi connectivity index (χ2n) is 15.6. The lowest BCUT2D eigenvalue weighted by atomic mass is 9.43. The molecule has 3 unspecified atom stereocenters. The third-order valence-corrected chi connectivity index (χ3v) is 14.6. The Morgan fingerprint density at radius 2 is 1.93 bits per heavy atom. The number of ether oxygens (including phenoxy) is 1. The van der Waals surface area contributed by atoms with Crippen molar-refractivity contribution in [3.05, 3.63) is 33.7 Å². The molecule has 8 nitrogen and oxygen atoms in total. The Labute approximate surface area is 285 Å². The van der Waals surface area contributed by atoms with E-state index in [2.05, 4.69) is 47.7 Å². The van der Waals surface area contributed by atoms with E-state index in [0.29, 0.717) is 73.1 Å². The zero-order chi connectivity index (χ0) is 32.1. The molecule has 0 spiro atoms. The highest BCUT2D eigenvalue weighted by Crippen LogP contribution is 2.68. The summed E-state index contributed by atoms with van der Waals surface area (Å²) in [6.07, 6.45) is 12.0. The Kier molecular flexibility index (Phi) is 10.8. The van der Waals surface area contributed by atoms with Crippen LogP contribution in [0.25, 0.3) is 0 Å². The van der Waals surface area contributed by atoms with Gasteiger partial charge in [0.15, 0.2) is 12.2 Å². The van der Waals surface area contributed by atoms with Gasteiger partial charge in [0, 0.05) is 26.0 Å². The maximum atomic E-state index is 12.8. The Balaban J connectivity index is 0.00000417. The number of hydrogen-bond acceptors (Lipinski definition) is 8. The minimum absolute atomic E-state index is 0. The molecule has 0 bridgehead atoms. The fraction of sp³-hybridized carbons (Fsp3) is 0.778. The number of fused-ring (bicyclic) bond motifs is 5. The molecule has 2 aromatic rings. The van der Waals surface area contributed by atoms with Gasteiger partial charge in [0.1, 0.15) is 11.6 Å². The van der Waals surface area contributed by atoms with Gasteiger partial charge in [-0.2, -0.15) is 4.57 Å². The van der Waals surface area contributed by atoms with Crippen LogP contribution in [0.15, 0.2) is 11.7 Å². The average Bonchev–Trinajstić information content (AvgIpc) is 3.54. The summed E-state index contributed by atoms with van der Waals surface area (Å²) in [5, 5.41) is 22.2. The number of thiazole rings is 1. The molecule has 4 aliphatic rings. The van der Waals surface area contributed by atoms with E-state index in [1.54, 1.807) is 17.5 Å². The largest absolute Gasteiger partial charge is 1.00 e. The molecule has 0 radical (unpaired) electrons. The highest BCUT2D eigenvalue weighted by molar-refractivity contribution is 7.09. The molecule has 10 atom stereocenters. The molecule has 46 heavy (non-hydrogen) atoms. The van der Waals surface area contributed by atoms with Gasteiger partial charge in [0.05, 0.1) is 29.3 Å². The summed E-state index contributed by atoms with van der Waals surface area (Å²) in [5.74, 6) is 4.26. The number of rotatable bonds is 9. The normalized spacial score (nSPS) is 35.8. The number of hydrogen-bond donors (Lipinski definition) is 3. The third-order valence-electron chi connectivity index (χ3n) is 13.4. The molecule has 2 heterocycles. The van der Waals surface area contributed by atoms with Crippen LogP contribution in [0.2, 0.25) is 0 Å². The number of carbonyl (C=O) groups is 1. The van der Waals surface area contributed by atoms with Gasteiger partial charge in [0.25, 0.3) is 0 Å². The van der Waals surface area contributed by atoms with Crippen LogP contribution in [-0.4, -0.2) is 45.0 Å². The quantitative estimate of drug-likeness (QED) is 0.276. The van der Waals surface area contributed by atoms with Crippen LogP contribution in [0.3, 0.4) is 0 Å². The maximum absolute atomic E-state index is 12.8. The molecule has 4 aliphatic carbocycles. The van der Waals surface area contributed by atoms with Gasteiger partial charge < -0.3 is 33.1 Å². The Morgan fingerprint density at radius 1 is 1.15 bits per heavy atom. The van der Waals surface area contributed by atoms with Crippen molar-refractivity contribution in [2.45, 2.75) is 124 Å². The van der Waals surface area contributed by atoms with Gasteiger partial charge in [0.2, 0.25) is 5.51 Å². The zero-order valence-electron chi connectivity index (χ0n) is 28.4. The standard InChI is InChI=1S/C36H55N4O4S.ClH/c1-21(6-11-33(43)44-15-13-31-22(2)40(20-45-31)19-24-18-38-23(3)39-34(24)37)28-9-10-29-27-8-7-25-16-26(41)12-14-35(25,4)30(27)17-32(42)36(28,29)5;/h18,20-21,25-30,32,41-42H,6-17,19H2,1-5H3,(H2,37,38,39);1H/q+1;/p-1/t21-,25-,26-,27?,28-,29?,30?,32+,35+,36-;/m1./s1. The van der Waals surface area contributed by atoms with Crippen LogP contribution in [0.1, 0.15) is 107 Å². The predicted octanol–water partition coefficient (Wildman–Crippen LogP) is 2.57. The van der Waals surface area contributed by atoms with E-state index in [4.69, 9.17) is 10.5 Å². The highest BCUT2D eigenvalue weighted by atomic mass is 35.5. The van der Waals surface area contributed by atoms with Gasteiger partial charge >= 0.3 is 5.97 Å². The van der Waals surface area contributed by atoms with Crippen LogP contribution in [0.5, 0.6) is 0 Å². The lowest BCUT2D eigenvalue weighted by Crippen LogP contribution is -3.00. The summed E-state index contributed by atoms with van der Waals surface area (Å²) < 4.78 is 7.87. The topological polar surface area (TPSA) is 122 Å². The van der Waals surface area contributed by atoms with Crippen LogP contribution in [-0.2, 0) is 22.5 Å².